The molecule has 0 amide bonds. The molecule has 0 radical (unpaired) electrons. The predicted octanol–water partition coefficient (Wildman–Crippen LogP) is 6.62. The van der Waals surface area contributed by atoms with Crippen LogP contribution >= 0.6 is 11.8 Å². The molecule has 3 aromatic carbocycles. The van der Waals surface area contributed by atoms with Crippen molar-refractivity contribution < 1.29 is 9.47 Å². The topological polar surface area (TPSA) is 18.5 Å². The minimum absolute atomic E-state index is 0.239. The fraction of sp³-hybridized carbons (Fsp3) is 0.120. The normalized spacial score (nSPS) is 16.1. The zero-order valence-electron chi connectivity index (χ0n) is 16.0. The first-order valence-corrected chi connectivity index (χ1v) is 10.1. The molecule has 140 valence electrons. The van der Waals surface area contributed by atoms with E-state index in [9.17, 15) is 0 Å². The van der Waals surface area contributed by atoms with E-state index >= 15 is 0 Å². The first kappa shape index (κ1) is 18.5. The molecule has 3 aromatic rings. The zero-order chi connectivity index (χ0) is 19.3. The highest BCUT2D eigenvalue weighted by Gasteiger charge is 2.20. The molecule has 1 unspecified atom stereocenters. The third-order valence-electron chi connectivity index (χ3n) is 4.80. The van der Waals surface area contributed by atoms with Crippen LogP contribution in [-0.2, 0) is 0 Å². The van der Waals surface area contributed by atoms with E-state index in [-0.39, 0.29) is 5.25 Å². The van der Waals surface area contributed by atoms with Crippen LogP contribution in [0.15, 0.2) is 91.0 Å². The minimum atomic E-state index is 0.239. The van der Waals surface area contributed by atoms with Gasteiger partial charge in [0.25, 0.3) is 0 Å². The van der Waals surface area contributed by atoms with Gasteiger partial charge in [-0.3, -0.25) is 0 Å². The van der Waals surface area contributed by atoms with E-state index in [0.717, 1.165) is 11.5 Å². The third-order valence-corrected chi connectivity index (χ3v) is 6.07. The summed E-state index contributed by atoms with van der Waals surface area (Å²) in [6.45, 7) is 0. The molecule has 0 bridgehead atoms. The Morgan fingerprint density at radius 3 is 1.89 bits per heavy atom. The fourth-order valence-electron chi connectivity index (χ4n) is 3.23. The molecule has 1 aliphatic rings. The molecular weight excluding hydrogens is 364 g/mol. The third kappa shape index (κ3) is 4.00. The molecule has 0 aliphatic carbocycles. The van der Waals surface area contributed by atoms with Crippen molar-refractivity contribution in [2.24, 2.45) is 0 Å². The molecule has 1 heterocycles. The van der Waals surface area contributed by atoms with Crippen molar-refractivity contribution >= 4 is 22.2 Å². The van der Waals surface area contributed by atoms with Gasteiger partial charge in [0.1, 0.15) is 11.5 Å². The molecule has 0 saturated heterocycles. The van der Waals surface area contributed by atoms with Gasteiger partial charge in [-0.15, -0.1) is 11.8 Å². The second-order valence-corrected chi connectivity index (χ2v) is 7.72. The molecular formula is C25H22O2S. The summed E-state index contributed by atoms with van der Waals surface area (Å²) in [7, 11) is 3.39. The number of methoxy groups -OCH3 is 2. The van der Waals surface area contributed by atoms with Crippen molar-refractivity contribution in [3.63, 3.8) is 0 Å². The van der Waals surface area contributed by atoms with Crippen molar-refractivity contribution in [3.8, 4) is 11.5 Å². The van der Waals surface area contributed by atoms with Gasteiger partial charge >= 0.3 is 0 Å². The molecule has 2 nitrogen and oxygen atoms in total. The van der Waals surface area contributed by atoms with Crippen molar-refractivity contribution in [1.82, 2.24) is 0 Å². The maximum absolute atomic E-state index is 5.31. The summed E-state index contributed by atoms with van der Waals surface area (Å²) < 4.78 is 10.6. The van der Waals surface area contributed by atoms with Crippen molar-refractivity contribution in [2.75, 3.05) is 14.2 Å². The van der Waals surface area contributed by atoms with Crippen molar-refractivity contribution in [2.45, 2.75) is 5.25 Å². The second kappa shape index (κ2) is 8.41. The average Bonchev–Trinajstić information content (AvgIpc) is 2.79. The summed E-state index contributed by atoms with van der Waals surface area (Å²) in [5.41, 5.74) is 4.93. The van der Waals surface area contributed by atoms with E-state index in [1.807, 2.05) is 36.0 Å². The van der Waals surface area contributed by atoms with E-state index in [1.165, 1.54) is 27.2 Å². The molecule has 0 N–H and O–H groups in total. The average molecular weight is 387 g/mol. The number of allylic oxidation sites excluding steroid dienone is 2. The van der Waals surface area contributed by atoms with Crippen LogP contribution in [0, 0.1) is 0 Å². The van der Waals surface area contributed by atoms with Crippen LogP contribution in [0.1, 0.15) is 21.9 Å². The lowest BCUT2D eigenvalue weighted by atomic mass is 10.00. The van der Waals surface area contributed by atoms with Crippen molar-refractivity contribution in [3.05, 3.63) is 108 Å². The van der Waals surface area contributed by atoms with Crippen LogP contribution in [0.25, 0.3) is 10.5 Å². The lowest BCUT2D eigenvalue weighted by Crippen LogP contribution is -1.99. The highest BCUT2D eigenvalue weighted by atomic mass is 32.2. The lowest BCUT2D eigenvalue weighted by molar-refractivity contribution is 0.414. The Morgan fingerprint density at radius 2 is 1.29 bits per heavy atom. The maximum Gasteiger partial charge on any atom is 0.118 e. The van der Waals surface area contributed by atoms with Gasteiger partial charge in [0.15, 0.2) is 0 Å². The van der Waals surface area contributed by atoms with Gasteiger partial charge in [0.05, 0.1) is 19.5 Å². The van der Waals surface area contributed by atoms with Gasteiger partial charge in [0, 0.05) is 4.91 Å². The Kier molecular flexibility index (Phi) is 5.54. The van der Waals surface area contributed by atoms with Crippen LogP contribution in [0.2, 0.25) is 0 Å². The SMILES string of the molecule is COc1ccc(C2=CC(c3ccccc3)=CC(c3ccc(OC)cc3)S2)cc1. The second-order valence-electron chi connectivity index (χ2n) is 6.54. The maximum atomic E-state index is 5.31. The van der Waals surface area contributed by atoms with Gasteiger partial charge in [-0.1, -0.05) is 60.7 Å². The van der Waals surface area contributed by atoms with Gasteiger partial charge in [-0.05, 0) is 52.6 Å². The standard InChI is InChI=1S/C25H22O2S/c1-26-22-12-8-19(9-13-22)24-16-21(18-6-4-3-5-7-18)17-25(28-24)20-10-14-23(27-2)15-11-20/h3-17,24H,1-2H3. The van der Waals surface area contributed by atoms with Gasteiger partial charge in [-0.2, -0.15) is 0 Å². The molecule has 3 heteroatoms. The highest BCUT2D eigenvalue weighted by Crippen LogP contribution is 2.47. The van der Waals surface area contributed by atoms with Crippen LogP contribution in [0.4, 0.5) is 0 Å². The quantitative estimate of drug-likeness (QED) is 0.491. The highest BCUT2D eigenvalue weighted by molar-refractivity contribution is 8.08. The molecule has 4 rings (SSSR count). The first-order valence-electron chi connectivity index (χ1n) is 9.21. The van der Waals surface area contributed by atoms with E-state index in [0.29, 0.717) is 0 Å². The molecule has 0 spiro atoms. The van der Waals surface area contributed by atoms with Gasteiger partial charge in [0.2, 0.25) is 0 Å². The summed E-state index contributed by atoms with van der Waals surface area (Å²) >= 11 is 1.87. The molecule has 0 saturated carbocycles. The lowest BCUT2D eigenvalue weighted by Gasteiger charge is -2.23. The molecule has 1 aliphatic heterocycles. The number of ether oxygens (including phenoxy) is 2. The summed E-state index contributed by atoms with van der Waals surface area (Å²) in [4.78, 5) is 1.25. The molecule has 0 aromatic heterocycles. The summed E-state index contributed by atoms with van der Waals surface area (Å²) in [6.07, 6.45) is 4.62. The Hall–Kier alpha value is -2.91. The van der Waals surface area contributed by atoms with E-state index in [2.05, 4.69) is 66.7 Å². The zero-order valence-corrected chi connectivity index (χ0v) is 16.8. The fourth-order valence-corrected chi connectivity index (χ4v) is 4.48. The van der Waals surface area contributed by atoms with Crippen LogP contribution in [-0.4, -0.2) is 14.2 Å². The number of hydrogen-bond donors (Lipinski definition) is 0. The Balaban J connectivity index is 1.73. The largest absolute Gasteiger partial charge is 0.497 e. The number of thioether (sulfide) groups is 1. The Morgan fingerprint density at radius 1 is 0.679 bits per heavy atom. The minimum Gasteiger partial charge on any atom is -0.497 e. The number of rotatable bonds is 5. The van der Waals surface area contributed by atoms with Crippen molar-refractivity contribution in [1.29, 1.82) is 0 Å². The van der Waals surface area contributed by atoms with Crippen LogP contribution < -0.4 is 9.47 Å². The Labute approximate surface area is 170 Å². The van der Waals surface area contributed by atoms with Crippen LogP contribution in [0.5, 0.6) is 11.5 Å². The summed E-state index contributed by atoms with van der Waals surface area (Å²) in [6, 6.07) is 27.2. The molecule has 28 heavy (non-hydrogen) atoms. The number of hydrogen-bond acceptors (Lipinski definition) is 3. The van der Waals surface area contributed by atoms with E-state index in [4.69, 9.17) is 9.47 Å². The van der Waals surface area contributed by atoms with E-state index < -0.39 is 0 Å². The summed E-state index contributed by atoms with van der Waals surface area (Å²) in [5, 5.41) is 0.239. The predicted molar refractivity (Wildman–Crippen MR) is 119 cm³/mol. The summed E-state index contributed by atoms with van der Waals surface area (Å²) in [5.74, 6) is 1.75. The van der Waals surface area contributed by atoms with Gasteiger partial charge < -0.3 is 9.47 Å². The van der Waals surface area contributed by atoms with Gasteiger partial charge in [-0.25, -0.2) is 0 Å². The monoisotopic (exact) mass is 386 g/mol. The smallest absolute Gasteiger partial charge is 0.118 e. The number of benzene rings is 3. The molecule has 1 atom stereocenters. The van der Waals surface area contributed by atoms with E-state index in [1.54, 1.807) is 14.2 Å². The Bertz CT molecular complexity index is 987. The first-order chi connectivity index (χ1) is 13.8. The molecule has 0 fully saturated rings. The van der Waals surface area contributed by atoms with Crippen LogP contribution in [0.3, 0.4) is 0 Å².